The highest BCUT2D eigenvalue weighted by Crippen LogP contribution is 2.32. The van der Waals surface area contributed by atoms with Crippen molar-refractivity contribution in [2.75, 3.05) is 38.0 Å². The van der Waals surface area contributed by atoms with Crippen LogP contribution < -0.4 is 5.32 Å². The normalized spacial score (nSPS) is 20.6. The average Bonchev–Trinajstić information content (AvgIpc) is 3.36. The minimum atomic E-state index is -3.38. The van der Waals surface area contributed by atoms with Crippen LogP contribution in [0.4, 0.5) is 0 Å². The van der Waals surface area contributed by atoms with Crippen molar-refractivity contribution in [1.82, 2.24) is 10.2 Å². The average molecular weight is 631 g/mol. The lowest BCUT2D eigenvalue weighted by Crippen LogP contribution is -2.42. The molecule has 1 aliphatic heterocycles. The zero-order valence-electron chi connectivity index (χ0n) is 25.6. The molecule has 1 aliphatic carbocycles. The second kappa shape index (κ2) is 15.5. The standard InChI is InChI=1S/C33H46N2O6S2/c1-23-9-7-8-12-28(23)30-17-25(13-14-29(30)32(36)34-31(33(37)38)15-16-43(3,39)40)19-35-20-27(42-2)18-26(35)22-41-21-24-10-5-4-6-11-24/h7-9,12-14,17,24,26-27,31H,4-6,10-11,15-16,18-22H2,1-3H3,(H,34,36)(H,37,38)/t26?,27-,31-/m0/s1. The van der Waals surface area contributed by atoms with Crippen molar-refractivity contribution in [3.05, 3.63) is 59.2 Å². The maximum absolute atomic E-state index is 13.5. The molecule has 1 heterocycles. The van der Waals surface area contributed by atoms with Gasteiger partial charge in [0, 0.05) is 42.8 Å². The summed E-state index contributed by atoms with van der Waals surface area (Å²) < 4.78 is 29.6. The number of carboxylic acid groups (broad SMARTS) is 1. The molecule has 2 fully saturated rings. The summed E-state index contributed by atoms with van der Waals surface area (Å²) in [4.78, 5) is 27.8. The molecule has 0 aromatic heterocycles. The molecule has 2 aromatic carbocycles. The Balaban J connectivity index is 1.54. The number of carbonyl (C=O) groups is 2. The number of amides is 1. The van der Waals surface area contributed by atoms with Crippen LogP contribution in [0.25, 0.3) is 11.1 Å². The van der Waals surface area contributed by atoms with Crippen molar-refractivity contribution >= 4 is 33.5 Å². The van der Waals surface area contributed by atoms with E-state index in [0.717, 1.165) is 61.2 Å². The van der Waals surface area contributed by atoms with Crippen LogP contribution in [0.15, 0.2) is 42.5 Å². The van der Waals surface area contributed by atoms with E-state index in [2.05, 4.69) is 16.5 Å². The Kier molecular flexibility index (Phi) is 12.1. The summed E-state index contributed by atoms with van der Waals surface area (Å²) in [5.74, 6) is -1.45. The quantitative estimate of drug-likeness (QED) is 0.294. The molecule has 43 heavy (non-hydrogen) atoms. The van der Waals surface area contributed by atoms with E-state index in [0.29, 0.717) is 22.8 Å². The first-order valence-electron chi connectivity index (χ1n) is 15.3. The van der Waals surface area contributed by atoms with E-state index in [-0.39, 0.29) is 12.2 Å². The smallest absolute Gasteiger partial charge is 0.326 e. The summed E-state index contributed by atoms with van der Waals surface area (Å²) in [7, 11) is -3.38. The fourth-order valence-electron chi connectivity index (χ4n) is 6.25. The molecule has 3 atom stereocenters. The van der Waals surface area contributed by atoms with Crippen molar-refractivity contribution in [3.8, 4) is 11.1 Å². The predicted octanol–water partition coefficient (Wildman–Crippen LogP) is 5.18. The number of rotatable bonds is 14. The summed E-state index contributed by atoms with van der Waals surface area (Å²) in [6.07, 6.45) is 10.6. The van der Waals surface area contributed by atoms with Crippen molar-refractivity contribution in [2.24, 2.45) is 5.92 Å². The van der Waals surface area contributed by atoms with Gasteiger partial charge in [0.2, 0.25) is 0 Å². The number of sulfone groups is 1. The number of ether oxygens (including phenoxy) is 1. The molecule has 0 bridgehead atoms. The predicted molar refractivity (Wildman–Crippen MR) is 173 cm³/mol. The summed E-state index contributed by atoms with van der Waals surface area (Å²) in [5, 5.41) is 12.8. The minimum Gasteiger partial charge on any atom is -0.480 e. The molecule has 4 rings (SSSR count). The highest BCUT2D eigenvalue weighted by atomic mass is 32.2. The first-order valence-corrected chi connectivity index (χ1v) is 18.6. The maximum atomic E-state index is 13.5. The van der Waals surface area contributed by atoms with E-state index in [9.17, 15) is 23.1 Å². The highest BCUT2D eigenvalue weighted by molar-refractivity contribution is 7.99. The Hall–Kier alpha value is -2.40. The van der Waals surface area contributed by atoms with Gasteiger partial charge in [0.1, 0.15) is 15.9 Å². The second-order valence-electron chi connectivity index (χ2n) is 12.2. The summed E-state index contributed by atoms with van der Waals surface area (Å²) in [5.41, 5.74) is 4.05. The molecule has 2 aromatic rings. The Bertz CT molecular complexity index is 1360. The van der Waals surface area contributed by atoms with Crippen molar-refractivity contribution < 1.29 is 27.9 Å². The van der Waals surface area contributed by atoms with Gasteiger partial charge >= 0.3 is 5.97 Å². The molecule has 236 valence electrons. The number of carboxylic acids is 1. The summed E-state index contributed by atoms with van der Waals surface area (Å²) >= 11 is 1.90. The number of nitrogens with zero attached hydrogens (tertiary/aromatic N) is 1. The lowest BCUT2D eigenvalue weighted by Gasteiger charge is -2.27. The van der Waals surface area contributed by atoms with Gasteiger partial charge in [-0.25, -0.2) is 13.2 Å². The van der Waals surface area contributed by atoms with Gasteiger partial charge in [-0.2, -0.15) is 11.8 Å². The van der Waals surface area contributed by atoms with E-state index < -0.39 is 27.8 Å². The first-order chi connectivity index (χ1) is 20.5. The number of nitrogens with one attached hydrogen (secondary N) is 1. The van der Waals surface area contributed by atoms with Gasteiger partial charge in [0.15, 0.2) is 0 Å². The van der Waals surface area contributed by atoms with Crippen LogP contribution >= 0.6 is 11.8 Å². The topological polar surface area (TPSA) is 113 Å². The molecule has 0 spiro atoms. The zero-order chi connectivity index (χ0) is 31.0. The van der Waals surface area contributed by atoms with Gasteiger partial charge < -0.3 is 15.2 Å². The van der Waals surface area contributed by atoms with E-state index >= 15 is 0 Å². The van der Waals surface area contributed by atoms with Crippen LogP contribution in [-0.2, 0) is 25.9 Å². The lowest BCUT2D eigenvalue weighted by atomic mass is 9.90. The molecule has 1 unspecified atom stereocenters. The van der Waals surface area contributed by atoms with Crippen LogP contribution in [0.5, 0.6) is 0 Å². The third-order valence-corrected chi connectivity index (χ3v) is 10.7. The number of benzene rings is 2. The van der Waals surface area contributed by atoms with Crippen LogP contribution in [0.3, 0.4) is 0 Å². The number of hydrogen-bond acceptors (Lipinski definition) is 7. The largest absolute Gasteiger partial charge is 0.480 e. The first kappa shape index (κ1) is 33.5. The fraction of sp³-hybridized carbons (Fsp3) is 0.576. The van der Waals surface area contributed by atoms with Crippen LogP contribution in [0.1, 0.15) is 66.4 Å². The fourth-order valence-corrected chi connectivity index (χ4v) is 7.66. The molecular weight excluding hydrogens is 585 g/mol. The highest BCUT2D eigenvalue weighted by Gasteiger charge is 2.32. The second-order valence-corrected chi connectivity index (χ2v) is 15.6. The summed E-state index contributed by atoms with van der Waals surface area (Å²) in [6, 6.07) is 12.6. The van der Waals surface area contributed by atoms with Crippen molar-refractivity contribution in [1.29, 1.82) is 0 Å². The van der Waals surface area contributed by atoms with Crippen LogP contribution in [0.2, 0.25) is 0 Å². The third kappa shape index (κ3) is 9.80. The molecule has 2 N–H and O–H groups in total. The third-order valence-electron chi connectivity index (χ3n) is 8.74. The number of aryl methyl sites for hydroxylation is 1. The van der Waals surface area contributed by atoms with Gasteiger partial charge in [0.25, 0.3) is 5.91 Å². The van der Waals surface area contributed by atoms with E-state index in [1.165, 1.54) is 32.1 Å². The van der Waals surface area contributed by atoms with Crippen LogP contribution in [-0.4, -0.2) is 85.7 Å². The van der Waals surface area contributed by atoms with E-state index in [1.807, 2.05) is 55.1 Å². The Morgan fingerprint density at radius 2 is 1.84 bits per heavy atom. The van der Waals surface area contributed by atoms with E-state index in [4.69, 9.17) is 4.74 Å². The van der Waals surface area contributed by atoms with Gasteiger partial charge in [0.05, 0.1) is 12.4 Å². The van der Waals surface area contributed by atoms with Crippen LogP contribution in [0, 0.1) is 12.8 Å². The van der Waals surface area contributed by atoms with Gasteiger partial charge in [-0.1, -0.05) is 49.6 Å². The maximum Gasteiger partial charge on any atom is 0.326 e. The Labute approximate surface area is 260 Å². The molecule has 1 amide bonds. The zero-order valence-corrected chi connectivity index (χ0v) is 27.2. The minimum absolute atomic E-state index is 0.201. The van der Waals surface area contributed by atoms with E-state index in [1.54, 1.807) is 6.07 Å². The number of likely N-dealkylation sites (tertiary alicyclic amines) is 1. The molecule has 2 aliphatic rings. The molecule has 1 saturated heterocycles. The SMILES string of the molecule is CS[C@H]1CC(COCC2CCCCC2)N(Cc2ccc(C(=O)N[C@@H](CCS(C)(=O)=O)C(=O)O)c(-c3ccccc3C)c2)C1. The monoisotopic (exact) mass is 630 g/mol. The number of hydrogen-bond donors (Lipinski definition) is 2. The van der Waals surface area contributed by atoms with Crippen molar-refractivity contribution in [3.63, 3.8) is 0 Å². The van der Waals surface area contributed by atoms with Crippen molar-refractivity contribution in [2.45, 2.75) is 75.7 Å². The Morgan fingerprint density at radius 1 is 1.09 bits per heavy atom. The number of aliphatic carboxylic acids is 1. The molecule has 8 nitrogen and oxygen atoms in total. The Morgan fingerprint density at radius 3 is 2.51 bits per heavy atom. The molecule has 10 heteroatoms. The van der Waals surface area contributed by atoms with Gasteiger partial charge in [-0.15, -0.1) is 0 Å². The molecule has 1 saturated carbocycles. The lowest BCUT2D eigenvalue weighted by molar-refractivity contribution is -0.139. The van der Waals surface area contributed by atoms with Gasteiger partial charge in [-0.3, -0.25) is 9.69 Å². The molecule has 0 radical (unpaired) electrons. The van der Waals surface area contributed by atoms with Gasteiger partial charge in [-0.05, 0) is 79.2 Å². The molecular formula is C33H46N2O6S2. The number of thioether (sulfide) groups is 1. The number of carbonyl (C=O) groups excluding carboxylic acids is 1. The summed E-state index contributed by atoms with van der Waals surface area (Å²) in [6.45, 7) is 5.25.